The molecule has 2 aromatic heterocycles. The Labute approximate surface area is 164 Å². The van der Waals surface area contributed by atoms with E-state index in [2.05, 4.69) is 20.4 Å². The summed E-state index contributed by atoms with van der Waals surface area (Å²) in [6.07, 6.45) is 4.19. The van der Waals surface area contributed by atoms with Gasteiger partial charge in [-0.1, -0.05) is 18.0 Å². The van der Waals surface area contributed by atoms with Crippen molar-refractivity contribution >= 4 is 26.8 Å². The predicted octanol–water partition coefficient (Wildman–Crippen LogP) is 4.23. The number of aromatic nitrogens is 3. The highest BCUT2D eigenvalue weighted by Gasteiger charge is 2.28. The molecule has 3 aromatic rings. The van der Waals surface area contributed by atoms with Gasteiger partial charge in [0.05, 0.1) is 21.9 Å². The topological polar surface area (TPSA) is 101 Å². The van der Waals surface area contributed by atoms with Gasteiger partial charge in [0.1, 0.15) is 11.3 Å². The van der Waals surface area contributed by atoms with Gasteiger partial charge < -0.3 is 14.8 Å². The van der Waals surface area contributed by atoms with Gasteiger partial charge >= 0.3 is 0 Å². The number of nitrogens with one attached hydrogen (secondary N) is 2. The lowest BCUT2D eigenvalue weighted by Crippen LogP contribution is -2.14. The summed E-state index contributed by atoms with van der Waals surface area (Å²) < 4.78 is 32.0. The maximum absolute atomic E-state index is 13.3. The van der Waals surface area contributed by atoms with Crippen LogP contribution in [0.15, 0.2) is 21.6 Å². The molecule has 2 heterocycles. The third-order valence-electron chi connectivity index (χ3n) is 5.48. The summed E-state index contributed by atoms with van der Waals surface area (Å²) >= 11 is 0. The van der Waals surface area contributed by atoms with Gasteiger partial charge in [0.2, 0.25) is 5.95 Å². The Morgan fingerprint density at radius 2 is 2.00 bits per heavy atom. The van der Waals surface area contributed by atoms with Crippen molar-refractivity contribution in [3.05, 3.63) is 23.6 Å². The van der Waals surface area contributed by atoms with E-state index in [4.69, 9.17) is 4.52 Å². The van der Waals surface area contributed by atoms with Crippen LogP contribution in [0.1, 0.15) is 44.1 Å². The zero-order chi connectivity index (χ0) is 19.9. The predicted molar refractivity (Wildman–Crippen MR) is 109 cm³/mol. The zero-order valence-corrected chi connectivity index (χ0v) is 17.3. The molecular formula is C20H26N4O3S. The number of aromatic amines is 1. The number of sulfone groups is 1. The Morgan fingerprint density at radius 3 is 2.64 bits per heavy atom. The number of H-pyrrole nitrogens is 1. The van der Waals surface area contributed by atoms with Crippen molar-refractivity contribution in [3.63, 3.8) is 0 Å². The largest absolute Gasteiger partial charge is 0.361 e. The zero-order valence-electron chi connectivity index (χ0n) is 16.5. The lowest BCUT2D eigenvalue weighted by Gasteiger charge is -2.12. The number of anilines is 1. The summed E-state index contributed by atoms with van der Waals surface area (Å²) in [5.41, 5.74) is 3.53. The Balaban J connectivity index is 1.89. The van der Waals surface area contributed by atoms with Crippen LogP contribution in [0.25, 0.3) is 22.2 Å². The van der Waals surface area contributed by atoms with Crippen molar-refractivity contribution in [1.29, 1.82) is 0 Å². The van der Waals surface area contributed by atoms with Gasteiger partial charge in [0.15, 0.2) is 9.84 Å². The molecule has 0 unspecified atom stereocenters. The van der Waals surface area contributed by atoms with E-state index < -0.39 is 9.84 Å². The van der Waals surface area contributed by atoms with E-state index in [-0.39, 0.29) is 16.6 Å². The van der Waals surface area contributed by atoms with Crippen LogP contribution >= 0.6 is 0 Å². The second kappa shape index (κ2) is 7.24. The molecule has 1 aromatic carbocycles. The summed E-state index contributed by atoms with van der Waals surface area (Å²) in [5, 5.41) is 7.15. The van der Waals surface area contributed by atoms with Gasteiger partial charge in [-0.3, -0.25) is 0 Å². The van der Waals surface area contributed by atoms with Gasteiger partial charge in [-0.15, -0.1) is 0 Å². The van der Waals surface area contributed by atoms with Gasteiger partial charge in [-0.2, -0.15) is 0 Å². The number of rotatable bonds is 6. The van der Waals surface area contributed by atoms with E-state index in [9.17, 15) is 8.42 Å². The molecule has 28 heavy (non-hydrogen) atoms. The van der Waals surface area contributed by atoms with Crippen LogP contribution in [0.5, 0.6) is 0 Å². The highest BCUT2D eigenvalue weighted by Crippen LogP contribution is 2.35. The fourth-order valence-corrected chi connectivity index (χ4v) is 6.08. The number of hydrogen-bond donors (Lipinski definition) is 2. The molecule has 0 spiro atoms. The first-order chi connectivity index (χ1) is 13.4. The highest BCUT2D eigenvalue weighted by atomic mass is 32.2. The number of benzene rings is 1. The van der Waals surface area contributed by atoms with E-state index >= 15 is 0 Å². The van der Waals surface area contributed by atoms with Crippen LogP contribution in [0, 0.1) is 19.8 Å². The minimum Gasteiger partial charge on any atom is -0.361 e. The van der Waals surface area contributed by atoms with Crippen molar-refractivity contribution in [2.24, 2.45) is 5.92 Å². The number of aryl methyl sites for hydroxylation is 2. The van der Waals surface area contributed by atoms with Crippen molar-refractivity contribution in [2.45, 2.75) is 51.3 Å². The molecule has 1 aliphatic rings. The maximum atomic E-state index is 13.3. The summed E-state index contributed by atoms with van der Waals surface area (Å²) in [6, 6.07) is 3.65. The Kier molecular flexibility index (Phi) is 4.91. The molecule has 0 atom stereocenters. The van der Waals surface area contributed by atoms with Crippen molar-refractivity contribution in [1.82, 2.24) is 15.1 Å². The third-order valence-corrected chi connectivity index (χ3v) is 7.37. The van der Waals surface area contributed by atoms with E-state index in [1.165, 1.54) is 0 Å². The summed E-state index contributed by atoms with van der Waals surface area (Å²) in [7, 11) is -3.47. The molecule has 8 heteroatoms. The monoisotopic (exact) mass is 402 g/mol. The van der Waals surface area contributed by atoms with E-state index in [1.54, 1.807) is 6.07 Å². The number of fused-ring (bicyclic) bond motifs is 1. The number of imidazole rings is 1. The maximum Gasteiger partial charge on any atom is 0.201 e. The van der Waals surface area contributed by atoms with Gasteiger partial charge in [0.25, 0.3) is 0 Å². The minimum absolute atomic E-state index is 0.177. The Morgan fingerprint density at radius 1 is 1.25 bits per heavy atom. The van der Waals surface area contributed by atoms with Gasteiger partial charge in [0, 0.05) is 12.1 Å². The minimum atomic E-state index is -3.47. The van der Waals surface area contributed by atoms with Crippen molar-refractivity contribution < 1.29 is 12.9 Å². The smallest absolute Gasteiger partial charge is 0.201 e. The van der Waals surface area contributed by atoms with Crippen LogP contribution in [0.4, 0.5) is 5.95 Å². The molecule has 1 aliphatic carbocycles. The molecule has 0 amide bonds. The molecule has 7 nitrogen and oxygen atoms in total. The van der Waals surface area contributed by atoms with Gasteiger partial charge in [-0.05, 0) is 57.2 Å². The molecule has 150 valence electrons. The van der Waals surface area contributed by atoms with Crippen LogP contribution in [0.3, 0.4) is 0 Å². The van der Waals surface area contributed by atoms with E-state index in [0.717, 1.165) is 42.5 Å². The summed E-state index contributed by atoms with van der Waals surface area (Å²) in [4.78, 5) is 8.02. The normalized spacial score (nSPS) is 15.5. The molecular weight excluding hydrogens is 376 g/mol. The molecule has 4 rings (SSSR count). The third kappa shape index (κ3) is 3.41. The molecule has 1 fully saturated rings. The van der Waals surface area contributed by atoms with Crippen LogP contribution in [0.2, 0.25) is 0 Å². The van der Waals surface area contributed by atoms with E-state index in [1.807, 2.05) is 26.8 Å². The fourth-order valence-electron chi connectivity index (χ4n) is 4.19. The molecule has 0 saturated heterocycles. The lowest BCUT2D eigenvalue weighted by atomic mass is 10.0. The number of nitrogens with zero attached hydrogens (tertiary/aromatic N) is 2. The molecule has 1 saturated carbocycles. The average molecular weight is 403 g/mol. The second-order valence-corrected chi connectivity index (χ2v) is 9.62. The van der Waals surface area contributed by atoms with E-state index in [0.29, 0.717) is 29.3 Å². The molecule has 2 N–H and O–H groups in total. The van der Waals surface area contributed by atoms with Crippen LogP contribution in [-0.4, -0.2) is 35.8 Å². The van der Waals surface area contributed by atoms with Crippen molar-refractivity contribution in [3.8, 4) is 11.1 Å². The van der Waals surface area contributed by atoms with Gasteiger partial charge in [-0.25, -0.2) is 13.4 Å². The van der Waals surface area contributed by atoms with Crippen molar-refractivity contribution in [2.75, 3.05) is 17.6 Å². The van der Waals surface area contributed by atoms with Crippen LogP contribution < -0.4 is 5.32 Å². The standard InChI is InChI=1S/C20H26N4O3S/c1-4-21-20-22-16-9-15(18-12(2)24-27-13(18)3)10-17(19(16)23-20)28(25,26)11-14-7-5-6-8-14/h9-10,14H,4-8,11H2,1-3H3,(H2,21,22,23). The quantitative estimate of drug-likeness (QED) is 0.640. The Bertz CT molecular complexity index is 1090. The molecule has 0 bridgehead atoms. The highest BCUT2D eigenvalue weighted by molar-refractivity contribution is 7.91. The fraction of sp³-hybridized carbons (Fsp3) is 0.500. The summed E-state index contributed by atoms with van der Waals surface area (Å²) in [5.74, 6) is 1.65. The number of hydrogen-bond acceptors (Lipinski definition) is 6. The lowest BCUT2D eigenvalue weighted by molar-refractivity contribution is 0.393. The second-order valence-electron chi connectivity index (χ2n) is 7.62. The SMILES string of the molecule is CCNc1nc2c(S(=O)(=O)CC3CCCC3)cc(-c3c(C)noc3C)cc2[nH]1. The molecule has 0 aliphatic heterocycles. The first-order valence-electron chi connectivity index (χ1n) is 9.82. The first-order valence-corrected chi connectivity index (χ1v) is 11.5. The molecule has 0 radical (unpaired) electrons. The Hall–Kier alpha value is -2.35. The average Bonchev–Trinajstić information content (AvgIpc) is 3.35. The first kappa shape index (κ1) is 19.0. The van der Waals surface area contributed by atoms with Crippen LogP contribution in [-0.2, 0) is 9.84 Å². The summed E-state index contributed by atoms with van der Waals surface area (Å²) in [6.45, 7) is 6.37.